The fourth-order valence-corrected chi connectivity index (χ4v) is 2.57. The number of ether oxygens (including phenoxy) is 1. The van der Waals surface area contributed by atoms with Crippen LogP contribution < -0.4 is 10.1 Å². The molecule has 122 valence electrons. The number of amides is 1. The maximum Gasteiger partial charge on any atom is 0.526 e. The van der Waals surface area contributed by atoms with Gasteiger partial charge in [0.25, 0.3) is 5.91 Å². The molecule has 1 fully saturated rings. The highest BCUT2D eigenvalue weighted by molar-refractivity contribution is 6.58. The second-order valence-electron chi connectivity index (χ2n) is 6.68. The molecule has 1 saturated heterocycles. The molecule has 0 aromatic heterocycles. The van der Waals surface area contributed by atoms with Crippen molar-refractivity contribution in [3.8, 4) is 5.75 Å². The van der Waals surface area contributed by atoms with Crippen molar-refractivity contribution in [3.05, 3.63) is 29.5 Å². The number of rotatable bonds is 2. The number of halogens is 1. The van der Waals surface area contributed by atoms with Crippen LogP contribution in [-0.2, 0) is 14.1 Å². The highest BCUT2D eigenvalue weighted by Gasteiger charge is 2.54. The van der Waals surface area contributed by atoms with E-state index >= 15 is 0 Å². The first-order valence-electron chi connectivity index (χ1n) is 7.41. The van der Waals surface area contributed by atoms with E-state index in [0.717, 1.165) is 0 Å². The average Bonchev–Trinajstić information content (AvgIpc) is 2.90. The predicted molar refractivity (Wildman–Crippen MR) is 85.7 cm³/mol. The minimum Gasteiger partial charge on any atom is -0.497 e. The van der Waals surface area contributed by atoms with E-state index in [1.165, 1.54) is 7.11 Å². The molecule has 0 bridgehead atoms. The third kappa shape index (κ3) is 2.44. The van der Waals surface area contributed by atoms with E-state index in [1.807, 2.05) is 27.7 Å². The number of methoxy groups -OCH3 is 1. The van der Waals surface area contributed by atoms with Gasteiger partial charge in [-0.15, -0.1) is 0 Å². The number of benzene rings is 1. The van der Waals surface area contributed by atoms with Crippen LogP contribution in [0.2, 0.25) is 0 Å². The number of hydrogen-bond acceptors (Lipinski definition) is 4. The summed E-state index contributed by atoms with van der Waals surface area (Å²) in [5, 5.41) is 2.64. The molecule has 1 amide bonds. The third-order valence-electron chi connectivity index (χ3n) is 4.67. The van der Waals surface area contributed by atoms with Gasteiger partial charge in [-0.25, -0.2) is 4.39 Å². The van der Waals surface area contributed by atoms with Crippen molar-refractivity contribution in [3.63, 3.8) is 0 Å². The van der Waals surface area contributed by atoms with E-state index in [1.54, 1.807) is 18.2 Å². The normalized spacial score (nSPS) is 23.6. The van der Waals surface area contributed by atoms with Gasteiger partial charge < -0.3 is 19.4 Å². The molecule has 7 heteroatoms. The molecule has 23 heavy (non-hydrogen) atoms. The summed E-state index contributed by atoms with van der Waals surface area (Å²) < 4.78 is 31.5. The van der Waals surface area contributed by atoms with E-state index in [9.17, 15) is 9.18 Å². The lowest BCUT2D eigenvalue weighted by atomic mass is 9.83. The van der Waals surface area contributed by atoms with Gasteiger partial charge in [0.2, 0.25) is 0 Å². The number of anilines is 1. The first-order chi connectivity index (χ1) is 10.7. The lowest BCUT2D eigenvalue weighted by Crippen LogP contribution is -2.41. The lowest BCUT2D eigenvalue weighted by molar-refractivity contribution is -0.110. The van der Waals surface area contributed by atoms with Gasteiger partial charge in [0.05, 0.1) is 23.9 Å². The van der Waals surface area contributed by atoms with Crippen LogP contribution in [0, 0.1) is 0 Å². The molecule has 2 aliphatic heterocycles. The van der Waals surface area contributed by atoms with Gasteiger partial charge in [-0.3, -0.25) is 4.79 Å². The van der Waals surface area contributed by atoms with Gasteiger partial charge in [-0.1, -0.05) is 0 Å². The third-order valence-corrected chi connectivity index (χ3v) is 4.67. The summed E-state index contributed by atoms with van der Waals surface area (Å²) in [6.07, 6.45) is 0. The molecule has 0 radical (unpaired) electrons. The summed E-state index contributed by atoms with van der Waals surface area (Å²) in [6.45, 7) is 7.32. The monoisotopic (exact) mass is 319 g/mol. The van der Waals surface area contributed by atoms with Gasteiger partial charge in [-0.05, 0) is 45.9 Å². The Morgan fingerprint density at radius 1 is 1.22 bits per heavy atom. The van der Waals surface area contributed by atoms with Crippen LogP contribution in [0.1, 0.15) is 33.3 Å². The molecule has 1 aromatic rings. The molecule has 1 aromatic carbocycles. The molecule has 5 nitrogen and oxygen atoms in total. The van der Waals surface area contributed by atoms with E-state index in [4.69, 9.17) is 14.0 Å². The highest BCUT2D eigenvalue weighted by Crippen LogP contribution is 2.43. The Labute approximate surface area is 134 Å². The lowest BCUT2D eigenvalue weighted by Gasteiger charge is -2.32. The van der Waals surface area contributed by atoms with E-state index in [2.05, 4.69) is 5.32 Å². The van der Waals surface area contributed by atoms with E-state index < -0.39 is 30.0 Å². The first kappa shape index (κ1) is 16.0. The SMILES string of the molecule is COc1ccc2c(c1)C(=C(F)B1OC(C)(C)C(C)(C)O1)C(=O)N2. The summed E-state index contributed by atoms with van der Waals surface area (Å²) in [5.74, 6) is 0.0277. The molecule has 0 unspecified atom stereocenters. The molecule has 2 aliphatic rings. The first-order valence-corrected chi connectivity index (χ1v) is 7.41. The largest absolute Gasteiger partial charge is 0.526 e. The van der Waals surface area contributed by atoms with E-state index in [0.29, 0.717) is 17.0 Å². The van der Waals surface area contributed by atoms with Crippen LogP contribution in [0.4, 0.5) is 10.1 Å². The van der Waals surface area contributed by atoms with Gasteiger partial charge in [0.1, 0.15) is 11.5 Å². The van der Waals surface area contributed by atoms with Crippen molar-refractivity contribution < 1.29 is 23.2 Å². The number of nitrogens with one attached hydrogen (secondary N) is 1. The van der Waals surface area contributed by atoms with Crippen LogP contribution in [0.25, 0.3) is 5.57 Å². The fourth-order valence-electron chi connectivity index (χ4n) is 2.57. The predicted octanol–water partition coefficient (Wildman–Crippen LogP) is 2.96. The zero-order valence-corrected chi connectivity index (χ0v) is 13.8. The molecule has 3 rings (SSSR count). The number of fused-ring (bicyclic) bond motifs is 1. The topological polar surface area (TPSA) is 56.8 Å². The zero-order valence-electron chi connectivity index (χ0n) is 13.8. The molecule has 0 atom stereocenters. The summed E-state index contributed by atoms with van der Waals surface area (Å²) in [7, 11) is 0.304. The second kappa shape index (κ2) is 5.07. The molecule has 0 spiro atoms. The molecular weight excluding hydrogens is 300 g/mol. The summed E-state index contributed by atoms with van der Waals surface area (Å²) in [4.78, 5) is 12.2. The Bertz CT molecular complexity index is 698. The summed E-state index contributed by atoms with van der Waals surface area (Å²) in [5.41, 5.74) is -1.17. The van der Waals surface area contributed by atoms with E-state index in [-0.39, 0.29) is 5.57 Å². The number of carbonyl (C=O) groups excluding carboxylic acids is 1. The summed E-state index contributed by atoms with van der Waals surface area (Å²) in [6, 6.07) is 5.00. The van der Waals surface area contributed by atoms with Crippen LogP contribution in [0.5, 0.6) is 5.75 Å². The Hall–Kier alpha value is -1.86. The van der Waals surface area contributed by atoms with Gasteiger partial charge in [0, 0.05) is 11.3 Å². The van der Waals surface area contributed by atoms with Crippen molar-refractivity contribution in [2.75, 3.05) is 12.4 Å². The maximum atomic E-state index is 15.0. The molecule has 0 saturated carbocycles. The van der Waals surface area contributed by atoms with Crippen molar-refractivity contribution in [1.29, 1.82) is 0 Å². The Balaban J connectivity index is 2.04. The Morgan fingerprint density at radius 2 is 1.83 bits per heavy atom. The maximum absolute atomic E-state index is 15.0. The van der Waals surface area contributed by atoms with Crippen molar-refractivity contribution in [2.45, 2.75) is 38.9 Å². The van der Waals surface area contributed by atoms with Crippen LogP contribution in [0.15, 0.2) is 23.9 Å². The molecular formula is C16H19BFNO4. The quantitative estimate of drug-likeness (QED) is 0.673. The highest BCUT2D eigenvalue weighted by atomic mass is 19.1. The number of carbonyl (C=O) groups is 1. The molecule has 0 aliphatic carbocycles. The van der Waals surface area contributed by atoms with Crippen LogP contribution in [0.3, 0.4) is 0 Å². The van der Waals surface area contributed by atoms with Crippen LogP contribution in [-0.4, -0.2) is 31.3 Å². The Kier molecular flexibility index (Phi) is 3.53. The minimum absolute atomic E-state index is 0.0719. The summed E-state index contributed by atoms with van der Waals surface area (Å²) >= 11 is 0. The van der Waals surface area contributed by atoms with Gasteiger partial charge >= 0.3 is 7.12 Å². The van der Waals surface area contributed by atoms with Crippen LogP contribution >= 0.6 is 0 Å². The van der Waals surface area contributed by atoms with Gasteiger partial charge in [0.15, 0.2) is 0 Å². The average molecular weight is 319 g/mol. The molecule has 2 heterocycles. The van der Waals surface area contributed by atoms with Crippen molar-refractivity contribution in [1.82, 2.24) is 0 Å². The van der Waals surface area contributed by atoms with Crippen molar-refractivity contribution >= 4 is 24.3 Å². The van der Waals surface area contributed by atoms with Gasteiger partial charge in [-0.2, -0.15) is 0 Å². The zero-order chi connectivity index (χ0) is 17.0. The minimum atomic E-state index is -1.21. The number of hydrogen-bond donors (Lipinski definition) is 1. The molecule has 1 N–H and O–H groups in total. The smallest absolute Gasteiger partial charge is 0.497 e. The fraction of sp³-hybridized carbons (Fsp3) is 0.438. The van der Waals surface area contributed by atoms with Crippen molar-refractivity contribution in [2.24, 2.45) is 0 Å². The Morgan fingerprint density at radius 3 is 2.39 bits per heavy atom. The standard InChI is InChI=1S/C16H19BFNO4/c1-15(2)16(3,4)23-17(22-15)13(18)12-10-8-9(21-5)6-7-11(10)19-14(12)20/h6-8H,1-5H3,(H,19,20). The second-order valence-corrected chi connectivity index (χ2v) is 6.68.